The molecule has 1 N–H and O–H groups in total. The van der Waals surface area contributed by atoms with Gasteiger partial charge in [-0.2, -0.15) is 0 Å². The molecule has 0 aliphatic carbocycles. The van der Waals surface area contributed by atoms with Gasteiger partial charge in [0.05, 0.1) is 0 Å². The Balaban J connectivity index is 4.40. The van der Waals surface area contributed by atoms with Crippen molar-refractivity contribution in [3.05, 3.63) is 60.9 Å². The van der Waals surface area contributed by atoms with E-state index in [0.717, 1.165) is 12.8 Å². The second-order valence-corrected chi connectivity index (χ2v) is 4.68. The molecule has 0 saturated carbocycles. The number of nitrogens with one attached hydrogen (secondary N) is 1. The fourth-order valence-corrected chi connectivity index (χ4v) is 1.69. The van der Waals surface area contributed by atoms with Crippen LogP contribution >= 0.6 is 0 Å². The maximum absolute atomic E-state index is 3.92. The summed E-state index contributed by atoms with van der Waals surface area (Å²) >= 11 is 0. The van der Waals surface area contributed by atoms with Crippen LogP contribution < -0.4 is 5.32 Å². The molecule has 0 radical (unpaired) electrons. The van der Waals surface area contributed by atoms with Crippen LogP contribution in [0.4, 0.5) is 0 Å². The zero-order valence-corrected chi connectivity index (χ0v) is 12.9. The first-order chi connectivity index (χ1) is 9.15. The lowest BCUT2D eigenvalue weighted by molar-refractivity contribution is 0.546. The number of hydrogen-bond acceptors (Lipinski definition) is 1. The van der Waals surface area contributed by atoms with E-state index in [1.807, 2.05) is 13.0 Å². The van der Waals surface area contributed by atoms with Gasteiger partial charge in [0.1, 0.15) is 0 Å². The van der Waals surface area contributed by atoms with Gasteiger partial charge in [-0.3, -0.25) is 0 Å². The van der Waals surface area contributed by atoms with Gasteiger partial charge in [-0.1, -0.05) is 56.4 Å². The van der Waals surface area contributed by atoms with E-state index in [4.69, 9.17) is 0 Å². The Bertz CT molecular complexity index is 345. The Morgan fingerprint density at radius 3 is 2.58 bits per heavy atom. The average molecular weight is 259 g/mol. The minimum absolute atomic E-state index is 0.271. The van der Waals surface area contributed by atoms with Crippen molar-refractivity contribution in [1.82, 2.24) is 5.32 Å². The fourth-order valence-electron chi connectivity index (χ4n) is 1.69. The molecular weight excluding hydrogens is 230 g/mol. The van der Waals surface area contributed by atoms with E-state index in [1.165, 1.54) is 5.70 Å². The Morgan fingerprint density at radius 1 is 1.26 bits per heavy atom. The van der Waals surface area contributed by atoms with Gasteiger partial charge in [-0.05, 0) is 38.7 Å². The van der Waals surface area contributed by atoms with Crippen molar-refractivity contribution >= 4 is 0 Å². The standard InChI is InChI=1S/C18H29N/c1-6-9-11-13-14-16(4)18(8-3)19-17(5)15-12-10-7-2/h6,8-10,12-16,18-19H,3,7,11H2,1-2,4-5H3/b9-6-,12-10-,14-13+,17-15+/t16?,18-/m1/s1. The summed E-state index contributed by atoms with van der Waals surface area (Å²) in [5, 5.41) is 3.49. The highest BCUT2D eigenvalue weighted by Crippen LogP contribution is 2.09. The SMILES string of the molecule is C=C[C@@H](N/C(C)=C/C=C\CC)C(C)/C=C/C/C=C\C. The third-order valence-electron chi connectivity index (χ3n) is 2.88. The summed E-state index contributed by atoms with van der Waals surface area (Å²) in [6, 6.07) is 0.271. The molecule has 0 rings (SSSR count). The highest BCUT2D eigenvalue weighted by molar-refractivity contribution is 5.12. The van der Waals surface area contributed by atoms with E-state index in [2.05, 4.69) is 75.2 Å². The molecule has 1 unspecified atom stereocenters. The van der Waals surface area contributed by atoms with Gasteiger partial charge in [-0.25, -0.2) is 0 Å². The molecular formula is C18H29N. The third kappa shape index (κ3) is 9.12. The molecule has 106 valence electrons. The Labute approximate surface area is 119 Å². The van der Waals surface area contributed by atoms with Gasteiger partial charge < -0.3 is 5.32 Å². The summed E-state index contributed by atoms with van der Waals surface area (Å²) < 4.78 is 0. The first-order valence-corrected chi connectivity index (χ1v) is 7.16. The molecule has 0 aliphatic rings. The summed E-state index contributed by atoms with van der Waals surface area (Å²) in [4.78, 5) is 0. The summed E-state index contributed by atoms with van der Waals surface area (Å²) in [6.45, 7) is 12.4. The molecule has 0 amide bonds. The van der Waals surface area contributed by atoms with Crippen LogP contribution in [0, 0.1) is 5.92 Å². The molecule has 1 heteroatoms. The van der Waals surface area contributed by atoms with Crippen LogP contribution in [0.15, 0.2) is 60.9 Å². The van der Waals surface area contributed by atoms with E-state index in [0.29, 0.717) is 5.92 Å². The van der Waals surface area contributed by atoms with Crippen molar-refractivity contribution in [2.24, 2.45) is 5.92 Å². The molecule has 0 aromatic heterocycles. The molecule has 0 heterocycles. The van der Waals surface area contributed by atoms with Crippen LogP contribution in [0.1, 0.15) is 40.5 Å². The predicted molar refractivity (Wildman–Crippen MR) is 88.0 cm³/mol. The molecule has 0 saturated heterocycles. The van der Waals surface area contributed by atoms with Gasteiger partial charge in [0.25, 0.3) is 0 Å². The van der Waals surface area contributed by atoms with E-state index in [-0.39, 0.29) is 6.04 Å². The summed E-state index contributed by atoms with van der Waals surface area (Å²) in [5.41, 5.74) is 1.17. The Kier molecular flexibility index (Phi) is 10.7. The Morgan fingerprint density at radius 2 is 2.00 bits per heavy atom. The maximum Gasteiger partial charge on any atom is 0.0498 e. The molecule has 19 heavy (non-hydrogen) atoms. The van der Waals surface area contributed by atoms with Crippen LogP contribution in [-0.2, 0) is 0 Å². The highest BCUT2D eigenvalue weighted by atomic mass is 14.9. The maximum atomic E-state index is 3.92. The topological polar surface area (TPSA) is 12.0 Å². The van der Waals surface area contributed by atoms with Crippen LogP contribution in [-0.4, -0.2) is 6.04 Å². The lowest BCUT2D eigenvalue weighted by Gasteiger charge is -2.21. The first kappa shape index (κ1) is 17.5. The summed E-state index contributed by atoms with van der Waals surface area (Å²) in [5.74, 6) is 0.432. The summed E-state index contributed by atoms with van der Waals surface area (Å²) in [6.07, 6.45) is 19.1. The van der Waals surface area contributed by atoms with Gasteiger partial charge >= 0.3 is 0 Å². The van der Waals surface area contributed by atoms with E-state index >= 15 is 0 Å². The molecule has 0 aromatic rings. The quantitative estimate of drug-likeness (QED) is 0.445. The normalized spacial score (nSPS) is 16.3. The predicted octanol–water partition coefficient (Wildman–Crippen LogP) is 5.16. The van der Waals surface area contributed by atoms with Crippen molar-refractivity contribution in [3.8, 4) is 0 Å². The van der Waals surface area contributed by atoms with Crippen LogP contribution in [0.3, 0.4) is 0 Å². The molecule has 0 aliphatic heterocycles. The van der Waals surface area contributed by atoms with E-state index in [9.17, 15) is 0 Å². The fraction of sp³-hybridized carbons (Fsp3) is 0.444. The lowest BCUT2D eigenvalue weighted by atomic mass is 10.0. The molecule has 0 aromatic carbocycles. The van der Waals surface area contributed by atoms with Crippen LogP contribution in [0.25, 0.3) is 0 Å². The lowest BCUT2D eigenvalue weighted by Crippen LogP contribution is -2.30. The molecule has 1 nitrogen and oxygen atoms in total. The van der Waals surface area contributed by atoms with Crippen LogP contribution in [0.5, 0.6) is 0 Å². The number of allylic oxidation sites excluding steroid dienone is 7. The molecule has 0 bridgehead atoms. The molecule has 2 atom stereocenters. The number of hydrogen-bond donors (Lipinski definition) is 1. The van der Waals surface area contributed by atoms with Gasteiger partial charge in [0.2, 0.25) is 0 Å². The van der Waals surface area contributed by atoms with Gasteiger partial charge in [-0.15, -0.1) is 6.58 Å². The van der Waals surface area contributed by atoms with Crippen molar-refractivity contribution in [2.45, 2.75) is 46.6 Å². The minimum Gasteiger partial charge on any atom is -0.382 e. The second-order valence-electron chi connectivity index (χ2n) is 4.68. The van der Waals surface area contributed by atoms with Crippen molar-refractivity contribution < 1.29 is 0 Å². The minimum atomic E-state index is 0.271. The van der Waals surface area contributed by atoms with Gasteiger partial charge in [0.15, 0.2) is 0 Å². The van der Waals surface area contributed by atoms with Crippen molar-refractivity contribution in [1.29, 1.82) is 0 Å². The average Bonchev–Trinajstić information content (AvgIpc) is 2.41. The van der Waals surface area contributed by atoms with Crippen molar-refractivity contribution in [3.63, 3.8) is 0 Å². The van der Waals surface area contributed by atoms with E-state index in [1.54, 1.807) is 0 Å². The third-order valence-corrected chi connectivity index (χ3v) is 2.88. The zero-order valence-electron chi connectivity index (χ0n) is 12.9. The largest absolute Gasteiger partial charge is 0.382 e. The van der Waals surface area contributed by atoms with Crippen molar-refractivity contribution in [2.75, 3.05) is 0 Å². The van der Waals surface area contributed by atoms with Gasteiger partial charge in [0, 0.05) is 11.7 Å². The van der Waals surface area contributed by atoms with E-state index < -0.39 is 0 Å². The Hall–Kier alpha value is -1.50. The molecule has 0 spiro atoms. The second kappa shape index (κ2) is 11.6. The summed E-state index contributed by atoms with van der Waals surface area (Å²) in [7, 11) is 0. The van der Waals surface area contributed by atoms with Crippen LogP contribution in [0.2, 0.25) is 0 Å². The zero-order chi connectivity index (χ0) is 14.5. The first-order valence-electron chi connectivity index (χ1n) is 7.16. The number of rotatable bonds is 9. The molecule has 0 fully saturated rings. The highest BCUT2D eigenvalue weighted by Gasteiger charge is 2.09. The monoisotopic (exact) mass is 259 g/mol. The smallest absolute Gasteiger partial charge is 0.0498 e.